The molecule has 1 aliphatic rings. The maximum absolute atomic E-state index is 13.2. The van der Waals surface area contributed by atoms with Gasteiger partial charge in [-0.15, -0.1) is 11.3 Å². The predicted octanol–water partition coefficient (Wildman–Crippen LogP) is 4.23. The molecule has 2 aromatic rings. The number of hydrogen-bond acceptors (Lipinski definition) is 4. The number of thiophene rings is 1. The van der Waals surface area contributed by atoms with Crippen LogP contribution in [0.5, 0.6) is 0 Å². The number of piperidine rings is 1. The van der Waals surface area contributed by atoms with Gasteiger partial charge in [-0.3, -0.25) is 9.69 Å². The molecule has 0 spiro atoms. The maximum Gasteiger partial charge on any atom is 0.251 e. The summed E-state index contributed by atoms with van der Waals surface area (Å²) in [4.78, 5) is 16.3. The Bertz CT molecular complexity index is 772. The molecule has 0 aliphatic carbocycles. The first-order chi connectivity index (χ1) is 13.3. The van der Waals surface area contributed by atoms with E-state index < -0.39 is 11.6 Å². The molecule has 1 amide bonds. The van der Waals surface area contributed by atoms with Crippen molar-refractivity contribution in [1.82, 2.24) is 10.2 Å². The van der Waals surface area contributed by atoms with Gasteiger partial charge >= 0.3 is 0 Å². The van der Waals surface area contributed by atoms with Crippen LogP contribution in [0.1, 0.15) is 54.9 Å². The number of amides is 1. The van der Waals surface area contributed by atoms with E-state index >= 15 is 0 Å². The lowest BCUT2D eigenvalue weighted by atomic mass is 9.81. The number of carbonyl (C=O) groups is 1. The number of benzene rings is 1. The lowest BCUT2D eigenvalue weighted by Crippen LogP contribution is -2.62. The van der Waals surface area contributed by atoms with Gasteiger partial charge in [-0.05, 0) is 67.9 Å². The smallest absolute Gasteiger partial charge is 0.251 e. The zero-order valence-corrected chi connectivity index (χ0v) is 17.5. The van der Waals surface area contributed by atoms with Crippen molar-refractivity contribution < 1.29 is 14.3 Å². The monoisotopic (exact) mass is 404 g/mol. The molecule has 3 rings (SSSR count). The summed E-state index contributed by atoms with van der Waals surface area (Å²) in [5, 5.41) is 16.2. The fraction of sp³-hybridized carbons (Fsp3) is 0.500. The zero-order valence-electron chi connectivity index (χ0n) is 16.7. The second kappa shape index (κ2) is 8.72. The van der Waals surface area contributed by atoms with Crippen molar-refractivity contribution in [2.75, 3.05) is 13.1 Å². The molecule has 0 unspecified atom stereocenters. The van der Waals surface area contributed by atoms with Crippen molar-refractivity contribution in [2.24, 2.45) is 5.92 Å². The maximum atomic E-state index is 13.2. The lowest BCUT2D eigenvalue weighted by Gasteiger charge is -2.49. The number of nitrogens with one attached hydrogen (secondary N) is 1. The van der Waals surface area contributed by atoms with Crippen LogP contribution in [-0.4, -0.2) is 40.6 Å². The van der Waals surface area contributed by atoms with E-state index in [0.29, 0.717) is 17.9 Å². The van der Waals surface area contributed by atoms with E-state index in [0.717, 1.165) is 24.4 Å². The first kappa shape index (κ1) is 21.0. The first-order valence-electron chi connectivity index (χ1n) is 9.84. The number of halogens is 1. The molecule has 4 nitrogen and oxygen atoms in total. The summed E-state index contributed by atoms with van der Waals surface area (Å²) in [6.45, 7) is 7.90. The highest BCUT2D eigenvalue weighted by atomic mass is 32.1. The molecular formula is C22H29FN2O2S. The standard InChI is InChI=1S/C22H29FN2O2S/c1-15(2)10-12-25-13-11-22(3,27)20(19(25)18-5-4-14-28-18)24-21(26)16-6-8-17(23)9-7-16/h4-9,14-15,19-20,27H,10-13H2,1-3H3,(H,24,26)/t19-,20-,22+/m0/s1. The average Bonchev–Trinajstić information content (AvgIpc) is 3.16. The summed E-state index contributed by atoms with van der Waals surface area (Å²) < 4.78 is 13.2. The molecule has 0 bridgehead atoms. The van der Waals surface area contributed by atoms with Gasteiger partial charge in [-0.2, -0.15) is 0 Å². The molecule has 2 heterocycles. The van der Waals surface area contributed by atoms with Gasteiger partial charge in [0.25, 0.3) is 5.91 Å². The Hall–Kier alpha value is -1.76. The zero-order chi connectivity index (χ0) is 20.3. The van der Waals surface area contributed by atoms with Crippen molar-refractivity contribution in [2.45, 2.75) is 51.3 Å². The van der Waals surface area contributed by atoms with E-state index in [2.05, 4.69) is 30.1 Å². The van der Waals surface area contributed by atoms with E-state index in [1.807, 2.05) is 11.4 Å². The third-order valence-electron chi connectivity index (χ3n) is 5.51. The molecule has 1 aromatic carbocycles. The Morgan fingerprint density at radius 1 is 1.36 bits per heavy atom. The minimum Gasteiger partial charge on any atom is -0.388 e. The normalized spacial score (nSPS) is 25.8. The molecule has 0 radical (unpaired) electrons. The van der Waals surface area contributed by atoms with Crippen LogP contribution >= 0.6 is 11.3 Å². The Morgan fingerprint density at radius 3 is 2.68 bits per heavy atom. The van der Waals surface area contributed by atoms with Crippen LogP contribution in [0, 0.1) is 11.7 Å². The molecule has 0 saturated carbocycles. The van der Waals surface area contributed by atoms with Crippen LogP contribution < -0.4 is 5.32 Å². The van der Waals surface area contributed by atoms with Gasteiger partial charge < -0.3 is 10.4 Å². The average molecular weight is 405 g/mol. The van der Waals surface area contributed by atoms with Crippen LogP contribution in [-0.2, 0) is 0 Å². The number of nitrogens with zero attached hydrogens (tertiary/aromatic N) is 1. The van der Waals surface area contributed by atoms with Gasteiger partial charge in [0.15, 0.2) is 0 Å². The molecule has 28 heavy (non-hydrogen) atoms. The Labute approximate surface area is 170 Å². The topological polar surface area (TPSA) is 52.6 Å². The summed E-state index contributed by atoms with van der Waals surface area (Å²) in [5.74, 6) is -0.0891. The van der Waals surface area contributed by atoms with Crippen LogP contribution in [0.4, 0.5) is 4.39 Å². The van der Waals surface area contributed by atoms with Crippen LogP contribution in [0.3, 0.4) is 0 Å². The second-order valence-corrected chi connectivity index (χ2v) is 9.22. The van der Waals surface area contributed by atoms with Crippen LogP contribution in [0.15, 0.2) is 41.8 Å². The Kier molecular flexibility index (Phi) is 6.53. The molecule has 1 fully saturated rings. The van der Waals surface area contributed by atoms with Gasteiger partial charge in [0, 0.05) is 17.0 Å². The van der Waals surface area contributed by atoms with E-state index in [-0.39, 0.29) is 17.8 Å². The molecule has 2 N–H and O–H groups in total. The van der Waals surface area contributed by atoms with E-state index in [4.69, 9.17) is 0 Å². The summed E-state index contributed by atoms with van der Waals surface area (Å²) in [5.41, 5.74) is -0.639. The highest BCUT2D eigenvalue weighted by Gasteiger charge is 2.46. The summed E-state index contributed by atoms with van der Waals surface area (Å²) in [7, 11) is 0. The molecular weight excluding hydrogens is 375 g/mol. The summed E-state index contributed by atoms with van der Waals surface area (Å²) in [6.07, 6.45) is 1.64. The molecule has 1 aromatic heterocycles. The molecule has 152 valence electrons. The minimum atomic E-state index is -1.03. The first-order valence-corrected chi connectivity index (χ1v) is 10.7. The molecule has 3 atom stereocenters. The van der Waals surface area contributed by atoms with Crippen molar-refractivity contribution in [3.05, 3.63) is 58.0 Å². The third kappa shape index (κ3) is 4.80. The van der Waals surface area contributed by atoms with E-state index in [1.165, 1.54) is 24.3 Å². The van der Waals surface area contributed by atoms with E-state index in [1.54, 1.807) is 18.3 Å². The molecule has 1 aliphatic heterocycles. The van der Waals surface area contributed by atoms with Crippen molar-refractivity contribution in [1.29, 1.82) is 0 Å². The number of rotatable bonds is 6. The number of hydrogen-bond donors (Lipinski definition) is 2. The third-order valence-corrected chi connectivity index (χ3v) is 6.45. The SMILES string of the molecule is CC(C)CCN1CC[C@@](C)(O)[C@@H](NC(=O)c2ccc(F)cc2)[C@@H]1c1cccs1. The lowest BCUT2D eigenvalue weighted by molar-refractivity contribution is -0.0638. The van der Waals surface area contributed by atoms with Crippen LogP contribution in [0.2, 0.25) is 0 Å². The Balaban J connectivity index is 1.88. The largest absolute Gasteiger partial charge is 0.388 e. The number of likely N-dealkylation sites (tertiary alicyclic amines) is 1. The van der Waals surface area contributed by atoms with Gasteiger partial charge in [-0.25, -0.2) is 4.39 Å². The van der Waals surface area contributed by atoms with Gasteiger partial charge in [0.1, 0.15) is 5.82 Å². The fourth-order valence-electron chi connectivity index (χ4n) is 3.75. The van der Waals surface area contributed by atoms with Gasteiger partial charge in [0.05, 0.1) is 17.7 Å². The number of aliphatic hydroxyl groups is 1. The summed E-state index contributed by atoms with van der Waals surface area (Å²) in [6, 6.07) is 9.02. The van der Waals surface area contributed by atoms with Crippen LogP contribution in [0.25, 0.3) is 0 Å². The molecule has 1 saturated heterocycles. The minimum absolute atomic E-state index is 0.0908. The quantitative estimate of drug-likeness (QED) is 0.758. The number of carbonyl (C=O) groups excluding carboxylic acids is 1. The van der Waals surface area contributed by atoms with E-state index in [9.17, 15) is 14.3 Å². The highest BCUT2D eigenvalue weighted by Crippen LogP contribution is 2.39. The van der Waals surface area contributed by atoms with Crippen molar-refractivity contribution >= 4 is 17.2 Å². The summed E-state index contributed by atoms with van der Waals surface area (Å²) >= 11 is 1.64. The van der Waals surface area contributed by atoms with Gasteiger partial charge in [-0.1, -0.05) is 19.9 Å². The fourth-order valence-corrected chi connectivity index (χ4v) is 4.65. The highest BCUT2D eigenvalue weighted by molar-refractivity contribution is 7.10. The second-order valence-electron chi connectivity index (χ2n) is 8.24. The molecule has 6 heteroatoms. The van der Waals surface area contributed by atoms with Gasteiger partial charge in [0.2, 0.25) is 0 Å². The van der Waals surface area contributed by atoms with Crippen molar-refractivity contribution in [3.63, 3.8) is 0 Å². The van der Waals surface area contributed by atoms with Crippen molar-refractivity contribution in [3.8, 4) is 0 Å². The predicted molar refractivity (Wildman–Crippen MR) is 111 cm³/mol. The Morgan fingerprint density at radius 2 is 2.07 bits per heavy atom.